The number of benzene rings is 1. The van der Waals surface area contributed by atoms with Crippen LogP contribution in [-0.4, -0.2) is 17.5 Å². The van der Waals surface area contributed by atoms with Gasteiger partial charge >= 0.3 is 0 Å². The molecule has 98 valence electrons. The van der Waals surface area contributed by atoms with Crippen molar-refractivity contribution in [3.63, 3.8) is 0 Å². The van der Waals surface area contributed by atoms with Crippen LogP contribution in [0.25, 0.3) is 10.8 Å². The van der Waals surface area contributed by atoms with Crippen LogP contribution in [0.15, 0.2) is 58.0 Å². The van der Waals surface area contributed by atoms with E-state index in [0.29, 0.717) is 11.2 Å². The normalized spacial score (nSPS) is 13.0. The lowest BCUT2D eigenvalue weighted by Gasteiger charge is -2.07. The molecule has 0 bridgehead atoms. The smallest absolute Gasteiger partial charge is 0.264 e. The van der Waals surface area contributed by atoms with Crippen LogP contribution in [0.5, 0.6) is 0 Å². The van der Waals surface area contributed by atoms with Crippen LogP contribution in [-0.2, 0) is 0 Å². The predicted molar refractivity (Wildman–Crippen MR) is 81.0 cm³/mol. The van der Waals surface area contributed by atoms with E-state index in [0.717, 1.165) is 11.8 Å². The van der Waals surface area contributed by atoms with Crippen molar-refractivity contribution in [1.82, 2.24) is 4.57 Å². The molecule has 0 saturated heterocycles. The Morgan fingerprint density at radius 2 is 2.05 bits per heavy atom. The lowest BCUT2D eigenvalue weighted by molar-refractivity contribution is 1.05. The maximum absolute atomic E-state index is 12.5. The lowest BCUT2D eigenvalue weighted by Crippen LogP contribution is -2.25. The van der Waals surface area contributed by atoms with Crippen molar-refractivity contribution in [2.45, 2.75) is 20.3 Å². The minimum atomic E-state index is -0.0288. The molecule has 0 unspecified atom stereocenters. The molecule has 3 heteroatoms. The molecule has 0 amide bonds. The summed E-state index contributed by atoms with van der Waals surface area (Å²) in [5.74, 6) is 0.676. The number of rotatable bonds is 2. The Hall–Kier alpha value is -2.16. The van der Waals surface area contributed by atoms with Gasteiger partial charge < -0.3 is 0 Å². The number of aliphatic imine (C=N–C) groups is 1. The topological polar surface area (TPSA) is 34.4 Å². The van der Waals surface area contributed by atoms with Gasteiger partial charge in [0.2, 0.25) is 0 Å². The van der Waals surface area contributed by atoms with Gasteiger partial charge in [-0.05, 0) is 36.9 Å². The van der Waals surface area contributed by atoms with E-state index in [1.54, 1.807) is 17.8 Å². The van der Waals surface area contributed by atoms with E-state index in [-0.39, 0.29) is 5.56 Å². The monoisotopic (exact) mass is 254 g/mol. The molecule has 0 aliphatic carbocycles. The minimum absolute atomic E-state index is 0.0288. The third-order valence-electron chi connectivity index (χ3n) is 3.22. The Morgan fingerprint density at radius 1 is 1.32 bits per heavy atom. The molecule has 2 aromatic rings. The standard InChI is InChI=1S/C16H18N2O/c1-4-12(2)11-15(17-3)18-10-9-13-7-5-6-8-14(13)16(18)19/h5-11H,4H2,1-3H3/b12-11-,17-15?. The second-order valence-electron chi connectivity index (χ2n) is 4.50. The average Bonchev–Trinajstić information content (AvgIpc) is 2.45. The maximum Gasteiger partial charge on any atom is 0.264 e. The number of aromatic nitrogens is 1. The molecule has 0 N–H and O–H groups in total. The molecule has 0 radical (unpaired) electrons. The lowest BCUT2D eigenvalue weighted by atomic mass is 10.1. The molecule has 0 saturated carbocycles. The molecule has 0 fully saturated rings. The van der Waals surface area contributed by atoms with Gasteiger partial charge in [0.1, 0.15) is 5.84 Å². The van der Waals surface area contributed by atoms with E-state index >= 15 is 0 Å². The molecule has 0 aliphatic rings. The summed E-state index contributed by atoms with van der Waals surface area (Å²) < 4.78 is 1.60. The van der Waals surface area contributed by atoms with Crippen molar-refractivity contribution < 1.29 is 0 Å². The van der Waals surface area contributed by atoms with E-state index in [4.69, 9.17) is 0 Å². The van der Waals surface area contributed by atoms with Crippen LogP contribution in [0.3, 0.4) is 0 Å². The summed E-state index contributed by atoms with van der Waals surface area (Å²) in [5, 5.41) is 1.67. The third-order valence-corrected chi connectivity index (χ3v) is 3.22. The molecule has 19 heavy (non-hydrogen) atoms. The highest BCUT2D eigenvalue weighted by Crippen LogP contribution is 2.08. The molecule has 0 spiro atoms. The fourth-order valence-corrected chi connectivity index (χ4v) is 1.93. The van der Waals surface area contributed by atoms with E-state index in [1.165, 1.54) is 5.57 Å². The number of nitrogens with zero attached hydrogens (tertiary/aromatic N) is 2. The molecule has 0 aliphatic heterocycles. The second-order valence-corrected chi connectivity index (χ2v) is 4.50. The molecular weight excluding hydrogens is 236 g/mol. The Morgan fingerprint density at radius 3 is 2.74 bits per heavy atom. The number of allylic oxidation sites excluding steroid dienone is 2. The quantitative estimate of drug-likeness (QED) is 0.598. The van der Waals surface area contributed by atoms with Crippen molar-refractivity contribution in [2.24, 2.45) is 4.99 Å². The first-order valence-electron chi connectivity index (χ1n) is 6.42. The van der Waals surface area contributed by atoms with Gasteiger partial charge in [-0.15, -0.1) is 0 Å². The van der Waals surface area contributed by atoms with Gasteiger partial charge in [0.05, 0.1) is 0 Å². The van der Waals surface area contributed by atoms with Crippen molar-refractivity contribution in [1.29, 1.82) is 0 Å². The van der Waals surface area contributed by atoms with Crippen LogP contribution in [0.4, 0.5) is 0 Å². The largest absolute Gasteiger partial charge is 0.271 e. The van der Waals surface area contributed by atoms with E-state index in [9.17, 15) is 4.79 Å². The zero-order valence-electron chi connectivity index (χ0n) is 11.6. The summed E-state index contributed by atoms with van der Waals surface area (Å²) in [5.41, 5.74) is 1.17. The number of fused-ring (bicyclic) bond motifs is 1. The highest BCUT2D eigenvalue weighted by atomic mass is 16.1. The first kappa shape index (κ1) is 13.3. The van der Waals surface area contributed by atoms with Gasteiger partial charge in [0, 0.05) is 18.6 Å². The summed E-state index contributed by atoms with van der Waals surface area (Å²) in [7, 11) is 1.70. The van der Waals surface area contributed by atoms with Crippen LogP contribution < -0.4 is 5.56 Å². The Balaban J connectivity index is 2.63. The minimum Gasteiger partial charge on any atom is -0.271 e. The molecule has 0 atom stereocenters. The van der Waals surface area contributed by atoms with Crippen LogP contribution in [0, 0.1) is 0 Å². The van der Waals surface area contributed by atoms with Crippen molar-refractivity contribution in [2.75, 3.05) is 7.05 Å². The first-order chi connectivity index (χ1) is 9.17. The van der Waals surface area contributed by atoms with Crippen LogP contribution in [0.2, 0.25) is 0 Å². The van der Waals surface area contributed by atoms with E-state index in [2.05, 4.69) is 11.9 Å². The fourth-order valence-electron chi connectivity index (χ4n) is 1.93. The van der Waals surface area contributed by atoms with E-state index in [1.807, 2.05) is 43.3 Å². The van der Waals surface area contributed by atoms with Crippen molar-refractivity contribution in [3.8, 4) is 0 Å². The highest BCUT2D eigenvalue weighted by Gasteiger charge is 2.05. The molecule has 3 nitrogen and oxygen atoms in total. The van der Waals surface area contributed by atoms with Gasteiger partial charge in [-0.25, -0.2) is 0 Å². The molecule has 2 rings (SSSR count). The Labute approximate surface area is 112 Å². The number of pyridine rings is 1. The zero-order chi connectivity index (χ0) is 13.8. The molecular formula is C16H18N2O. The highest BCUT2D eigenvalue weighted by molar-refractivity contribution is 5.96. The molecule has 1 heterocycles. The van der Waals surface area contributed by atoms with Gasteiger partial charge in [-0.3, -0.25) is 14.4 Å². The average molecular weight is 254 g/mol. The molecule has 1 aromatic heterocycles. The van der Waals surface area contributed by atoms with Gasteiger partial charge in [-0.1, -0.05) is 30.7 Å². The first-order valence-corrected chi connectivity index (χ1v) is 6.42. The summed E-state index contributed by atoms with van der Waals surface area (Å²) in [6, 6.07) is 9.54. The van der Waals surface area contributed by atoms with E-state index < -0.39 is 0 Å². The summed E-state index contributed by atoms with van der Waals surface area (Å²) in [6.45, 7) is 4.12. The van der Waals surface area contributed by atoms with Gasteiger partial charge in [0.25, 0.3) is 5.56 Å². The van der Waals surface area contributed by atoms with Gasteiger partial charge in [0.15, 0.2) is 0 Å². The second kappa shape index (κ2) is 5.65. The van der Waals surface area contributed by atoms with Gasteiger partial charge in [-0.2, -0.15) is 0 Å². The number of hydrogen-bond acceptors (Lipinski definition) is 2. The van der Waals surface area contributed by atoms with Crippen LogP contribution >= 0.6 is 0 Å². The third kappa shape index (κ3) is 2.65. The summed E-state index contributed by atoms with van der Waals surface area (Å²) in [4.78, 5) is 16.7. The van der Waals surface area contributed by atoms with Crippen molar-refractivity contribution in [3.05, 3.63) is 58.5 Å². The Bertz CT molecular complexity index is 708. The van der Waals surface area contributed by atoms with Crippen molar-refractivity contribution >= 4 is 16.6 Å². The summed E-state index contributed by atoms with van der Waals surface area (Å²) >= 11 is 0. The molecule has 1 aromatic carbocycles. The number of hydrogen-bond donors (Lipinski definition) is 0. The SMILES string of the molecule is CC/C(C)=C\C(=NC)n1ccc2ccccc2c1=O. The fraction of sp³-hybridized carbons (Fsp3) is 0.250. The maximum atomic E-state index is 12.5. The summed E-state index contributed by atoms with van der Waals surface area (Å²) in [6.07, 6.45) is 4.68. The zero-order valence-corrected chi connectivity index (χ0v) is 11.6. The Kier molecular flexibility index (Phi) is 3.95. The van der Waals surface area contributed by atoms with Crippen LogP contribution in [0.1, 0.15) is 20.3 Å². The predicted octanol–water partition coefficient (Wildman–Crippen LogP) is 3.23.